The maximum absolute atomic E-state index is 11.3. The van der Waals surface area contributed by atoms with Crippen molar-refractivity contribution in [3.8, 4) is 0 Å². The largest absolute Gasteiger partial charge is 0.328 e. The zero-order chi connectivity index (χ0) is 10.1. The van der Waals surface area contributed by atoms with Gasteiger partial charge in [0.05, 0.1) is 16.8 Å². The third-order valence-corrected chi connectivity index (χ3v) is 1.98. The van der Waals surface area contributed by atoms with Gasteiger partial charge in [0, 0.05) is 0 Å². The number of hydrogen-bond donors (Lipinski definition) is 2. The van der Waals surface area contributed by atoms with Crippen LogP contribution in [0.2, 0.25) is 0 Å². The Balaban J connectivity index is 2.61. The Labute approximate surface area is 79.1 Å². The lowest BCUT2D eigenvalue weighted by Gasteiger charge is -2.02. The number of imide groups is 1. The molecule has 1 heterocycles. The normalized spacial score (nSPS) is 13.4. The van der Waals surface area contributed by atoms with Gasteiger partial charge in [0.25, 0.3) is 11.8 Å². The number of anilines is 1. The van der Waals surface area contributed by atoms with Gasteiger partial charge < -0.3 is 5.32 Å². The van der Waals surface area contributed by atoms with Crippen LogP contribution in [0.25, 0.3) is 0 Å². The number of hydrogen-bond acceptors (Lipinski definition) is 3. The van der Waals surface area contributed by atoms with Crippen molar-refractivity contribution in [1.29, 1.82) is 0 Å². The summed E-state index contributed by atoms with van der Waals surface area (Å²) in [7, 11) is 0. The molecule has 1 aromatic carbocycles. The summed E-state index contributed by atoms with van der Waals surface area (Å²) >= 11 is 0. The summed E-state index contributed by atoms with van der Waals surface area (Å²) in [5, 5.41) is 4.51. The van der Waals surface area contributed by atoms with Crippen LogP contribution in [-0.2, 0) is 4.79 Å². The second-order valence-electron chi connectivity index (χ2n) is 2.77. The molecule has 0 saturated carbocycles. The maximum Gasteiger partial charge on any atom is 0.261 e. The smallest absolute Gasteiger partial charge is 0.261 e. The van der Waals surface area contributed by atoms with Crippen LogP contribution in [0.3, 0.4) is 0 Å². The highest BCUT2D eigenvalue weighted by Crippen LogP contribution is 2.23. The fourth-order valence-electron chi connectivity index (χ4n) is 1.40. The number of rotatable bonds is 2. The van der Waals surface area contributed by atoms with E-state index in [1.54, 1.807) is 12.1 Å². The summed E-state index contributed by atoms with van der Waals surface area (Å²) in [6.07, 6.45) is 0.464. The summed E-state index contributed by atoms with van der Waals surface area (Å²) in [6, 6.07) is 4.69. The fraction of sp³-hybridized carbons (Fsp3) is 0. The number of carbonyl (C=O) groups excluding carboxylic acids is 3. The number of carbonyl (C=O) groups is 3. The van der Waals surface area contributed by atoms with E-state index in [0.717, 1.165) is 0 Å². The molecule has 1 aliphatic heterocycles. The van der Waals surface area contributed by atoms with Crippen molar-refractivity contribution in [3.05, 3.63) is 29.3 Å². The molecule has 3 amide bonds. The van der Waals surface area contributed by atoms with Crippen LogP contribution < -0.4 is 10.6 Å². The van der Waals surface area contributed by atoms with Crippen LogP contribution in [0.5, 0.6) is 0 Å². The number of nitrogens with one attached hydrogen (secondary N) is 2. The minimum atomic E-state index is -0.477. The van der Waals surface area contributed by atoms with E-state index in [4.69, 9.17) is 0 Å². The van der Waals surface area contributed by atoms with Gasteiger partial charge in [-0.2, -0.15) is 0 Å². The zero-order valence-electron chi connectivity index (χ0n) is 7.03. The van der Waals surface area contributed by atoms with Gasteiger partial charge in [-0.15, -0.1) is 0 Å². The molecule has 0 atom stereocenters. The second-order valence-corrected chi connectivity index (χ2v) is 2.77. The van der Waals surface area contributed by atoms with Crippen molar-refractivity contribution in [2.75, 3.05) is 5.32 Å². The molecular formula is C9H6N2O3. The van der Waals surface area contributed by atoms with Gasteiger partial charge >= 0.3 is 0 Å². The van der Waals surface area contributed by atoms with Crippen molar-refractivity contribution >= 4 is 23.9 Å². The van der Waals surface area contributed by atoms with Crippen LogP contribution in [-0.4, -0.2) is 18.2 Å². The highest BCUT2D eigenvalue weighted by atomic mass is 16.2. The molecule has 0 fully saturated rings. The van der Waals surface area contributed by atoms with Crippen molar-refractivity contribution in [1.82, 2.24) is 5.32 Å². The molecule has 0 spiro atoms. The molecule has 5 heteroatoms. The summed E-state index contributed by atoms with van der Waals surface area (Å²) in [5.74, 6) is -0.908. The third-order valence-electron chi connectivity index (χ3n) is 1.98. The van der Waals surface area contributed by atoms with E-state index in [9.17, 15) is 14.4 Å². The number of fused-ring (bicyclic) bond motifs is 1. The summed E-state index contributed by atoms with van der Waals surface area (Å²) in [6.45, 7) is 0. The van der Waals surface area contributed by atoms with Crippen LogP contribution in [0.15, 0.2) is 18.2 Å². The van der Waals surface area contributed by atoms with Gasteiger partial charge in [-0.05, 0) is 12.1 Å². The molecule has 0 bridgehead atoms. The predicted octanol–water partition coefficient (Wildman–Crippen LogP) is 0.138. The molecule has 0 unspecified atom stereocenters. The Bertz CT molecular complexity index is 440. The second kappa shape index (κ2) is 2.95. The molecule has 1 aromatic rings. The molecule has 2 N–H and O–H groups in total. The highest BCUT2D eigenvalue weighted by molar-refractivity contribution is 6.24. The first-order valence-electron chi connectivity index (χ1n) is 3.93. The molecule has 2 rings (SSSR count). The lowest BCUT2D eigenvalue weighted by Crippen LogP contribution is -2.20. The Morgan fingerprint density at radius 1 is 1.21 bits per heavy atom. The topological polar surface area (TPSA) is 75.3 Å². The van der Waals surface area contributed by atoms with Crippen molar-refractivity contribution in [2.45, 2.75) is 0 Å². The molecule has 0 aromatic heterocycles. The van der Waals surface area contributed by atoms with E-state index in [1.807, 2.05) is 0 Å². The molecule has 1 aliphatic rings. The summed E-state index contributed by atoms with van der Waals surface area (Å²) < 4.78 is 0. The predicted molar refractivity (Wildman–Crippen MR) is 47.9 cm³/mol. The van der Waals surface area contributed by atoms with Crippen molar-refractivity contribution in [3.63, 3.8) is 0 Å². The standard InChI is InChI=1S/C9H6N2O3/c12-4-10-6-3-1-2-5-7(6)9(14)11-8(5)13/h1-4H,(H,10,12)(H,11,13,14). The number of amides is 3. The van der Waals surface area contributed by atoms with Crippen LogP contribution in [0, 0.1) is 0 Å². The minimum Gasteiger partial charge on any atom is -0.328 e. The first kappa shape index (κ1) is 8.43. The minimum absolute atomic E-state index is 0.226. The van der Waals surface area contributed by atoms with Crippen LogP contribution in [0.4, 0.5) is 5.69 Å². The Morgan fingerprint density at radius 2 is 2.00 bits per heavy atom. The van der Waals surface area contributed by atoms with Crippen molar-refractivity contribution in [2.24, 2.45) is 0 Å². The van der Waals surface area contributed by atoms with E-state index < -0.39 is 11.8 Å². The molecule has 0 aliphatic carbocycles. The van der Waals surface area contributed by atoms with E-state index in [2.05, 4.69) is 10.6 Å². The van der Waals surface area contributed by atoms with Gasteiger partial charge in [-0.1, -0.05) is 6.07 Å². The van der Waals surface area contributed by atoms with Gasteiger partial charge in [-0.25, -0.2) is 0 Å². The van der Waals surface area contributed by atoms with Gasteiger partial charge in [0.15, 0.2) is 0 Å². The first-order chi connectivity index (χ1) is 6.74. The summed E-state index contributed by atoms with van der Waals surface area (Å²) in [5.41, 5.74) is 0.868. The molecule has 0 radical (unpaired) electrons. The Hall–Kier alpha value is -2.17. The molecule has 5 nitrogen and oxygen atoms in total. The van der Waals surface area contributed by atoms with Gasteiger partial charge in [-0.3, -0.25) is 19.7 Å². The Morgan fingerprint density at radius 3 is 2.71 bits per heavy atom. The van der Waals surface area contributed by atoms with E-state index >= 15 is 0 Å². The third kappa shape index (κ3) is 1.06. The molecule has 0 saturated heterocycles. The van der Waals surface area contributed by atoms with E-state index in [1.165, 1.54) is 6.07 Å². The monoisotopic (exact) mass is 190 g/mol. The Kier molecular flexibility index (Phi) is 1.78. The van der Waals surface area contributed by atoms with Gasteiger partial charge in [0.2, 0.25) is 6.41 Å². The summed E-state index contributed by atoms with van der Waals surface area (Å²) in [4.78, 5) is 32.7. The zero-order valence-corrected chi connectivity index (χ0v) is 7.03. The first-order valence-corrected chi connectivity index (χ1v) is 3.93. The SMILES string of the molecule is O=CNc1cccc2c1C(=O)NC2=O. The van der Waals surface area contributed by atoms with Gasteiger partial charge in [0.1, 0.15) is 0 Å². The van der Waals surface area contributed by atoms with Crippen LogP contribution in [0.1, 0.15) is 20.7 Å². The van der Waals surface area contributed by atoms with Crippen LogP contribution >= 0.6 is 0 Å². The van der Waals surface area contributed by atoms with E-state index in [-0.39, 0.29) is 5.56 Å². The van der Waals surface area contributed by atoms with Crippen molar-refractivity contribution < 1.29 is 14.4 Å². The highest BCUT2D eigenvalue weighted by Gasteiger charge is 2.28. The fourth-order valence-corrected chi connectivity index (χ4v) is 1.40. The average Bonchev–Trinajstić information content (AvgIpc) is 2.44. The molecular weight excluding hydrogens is 184 g/mol. The van der Waals surface area contributed by atoms with E-state index in [0.29, 0.717) is 17.7 Å². The maximum atomic E-state index is 11.3. The lowest BCUT2D eigenvalue weighted by molar-refractivity contribution is -0.105. The number of benzene rings is 1. The average molecular weight is 190 g/mol. The lowest BCUT2D eigenvalue weighted by atomic mass is 10.1. The molecule has 70 valence electrons. The molecule has 14 heavy (non-hydrogen) atoms. The quantitative estimate of drug-likeness (QED) is 0.514.